The van der Waals surface area contributed by atoms with Crippen molar-refractivity contribution in [1.82, 2.24) is 4.31 Å². The van der Waals surface area contributed by atoms with Crippen LogP contribution in [0.25, 0.3) is 0 Å². The van der Waals surface area contributed by atoms with Crippen LogP contribution in [0.15, 0.2) is 41.3 Å². The molecule has 2 aromatic carbocycles. The summed E-state index contributed by atoms with van der Waals surface area (Å²) in [4.78, 5) is 12.7. The number of carbonyl (C=O) groups is 1. The summed E-state index contributed by atoms with van der Waals surface area (Å²) in [5.41, 5.74) is 0.985. The van der Waals surface area contributed by atoms with Crippen molar-refractivity contribution in [2.45, 2.75) is 24.8 Å². The number of rotatable bonds is 8. The van der Waals surface area contributed by atoms with Crippen LogP contribution in [0, 0.1) is 0 Å². The number of benzene rings is 2. The van der Waals surface area contributed by atoms with Gasteiger partial charge in [-0.2, -0.15) is 4.31 Å². The molecule has 1 amide bonds. The fraction of sp³-hybridized carbons (Fsp3) is 0.435. The first-order valence-electron chi connectivity index (χ1n) is 11.1. The van der Waals surface area contributed by atoms with E-state index in [-0.39, 0.29) is 23.5 Å². The second kappa shape index (κ2) is 10.5. The van der Waals surface area contributed by atoms with Gasteiger partial charge in [0.05, 0.1) is 36.4 Å². The van der Waals surface area contributed by atoms with Gasteiger partial charge in [0.25, 0.3) is 0 Å². The summed E-state index contributed by atoms with van der Waals surface area (Å²) in [6.07, 6.45) is -0.131. The summed E-state index contributed by atoms with van der Waals surface area (Å²) >= 11 is 0. The summed E-state index contributed by atoms with van der Waals surface area (Å²) in [6, 6.07) is 9.80. The van der Waals surface area contributed by atoms with Crippen LogP contribution in [0.1, 0.15) is 13.8 Å². The third-order valence-electron chi connectivity index (χ3n) is 5.19. The predicted octanol–water partition coefficient (Wildman–Crippen LogP) is 2.32. The van der Waals surface area contributed by atoms with E-state index in [1.807, 2.05) is 13.8 Å². The Labute approximate surface area is 199 Å². The molecular formula is C23H29N3O7S. The van der Waals surface area contributed by atoms with Gasteiger partial charge in [0.1, 0.15) is 19.0 Å². The minimum absolute atomic E-state index is 0.0933. The molecule has 4 rings (SSSR count). The number of hydrogen-bond acceptors (Lipinski definition) is 8. The SMILES string of the molecule is CC(C)Oc1ccc(S(=O)(=O)N2CCOCC2)cc1NCC(=O)Nc1ccc2c(c1)OCCO2. The van der Waals surface area contributed by atoms with Crippen molar-refractivity contribution in [1.29, 1.82) is 0 Å². The Bertz CT molecular complexity index is 1130. The van der Waals surface area contributed by atoms with Crippen LogP contribution in [0.5, 0.6) is 17.2 Å². The largest absolute Gasteiger partial charge is 0.489 e. The van der Waals surface area contributed by atoms with Gasteiger partial charge in [-0.25, -0.2) is 8.42 Å². The molecule has 1 saturated heterocycles. The van der Waals surface area contributed by atoms with Crippen molar-refractivity contribution < 1.29 is 32.2 Å². The van der Waals surface area contributed by atoms with Gasteiger partial charge in [-0.15, -0.1) is 0 Å². The molecule has 184 valence electrons. The minimum atomic E-state index is -3.69. The molecule has 11 heteroatoms. The molecular weight excluding hydrogens is 462 g/mol. The topological polar surface area (TPSA) is 115 Å². The molecule has 0 saturated carbocycles. The van der Waals surface area contributed by atoms with Crippen LogP contribution in [0.2, 0.25) is 0 Å². The zero-order valence-electron chi connectivity index (χ0n) is 19.2. The molecule has 2 aromatic rings. The van der Waals surface area contributed by atoms with Gasteiger partial charge in [-0.3, -0.25) is 4.79 Å². The van der Waals surface area contributed by atoms with Crippen molar-refractivity contribution in [2.24, 2.45) is 0 Å². The van der Waals surface area contributed by atoms with E-state index in [0.717, 1.165) is 0 Å². The Morgan fingerprint density at radius 3 is 2.50 bits per heavy atom. The number of amides is 1. The van der Waals surface area contributed by atoms with E-state index in [4.69, 9.17) is 18.9 Å². The van der Waals surface area contributed by atoms with Crippen molar-refractivity contribution in [3.05, 3.63) is 36.4 Å². The highest BCUT2D eigenvalue weighted by atomic mass is 32.2. The number of anilines is 2. The molecule has 2 aliphatic rings. The number of fused-ring (bicyclic) bond motifs is 1. The van der Waals surface area contributed by atoms with E-state index in [2.05, 4.69) is 10.6 Å². The lowest BCUT2D eigenvalue weighted by atomic mass is 10.2. The average Bonchev–Trinajstić information content (AvgIpc) is 2.83. The molecule has 0 bridgehead atoms. The molecule has 34 heavy (non-hydrogen) atoms. The number of carbonyl (C=O) groups excluding carboxylic acids is 1. The van der Waals surface area contributed by atoms with E-state index in [9.17, 15) is 13.2 Å². The van der Waals surface area contributed by atoms with E-state index in [1.54, 1.807) is 24.3 Å². The van der Waals surface area contributed by atoms with Gasteiger partial charge in [0, 0.05) is 24.8 Å². The lowest BCUT2D eigenvalue weighted by Crippen LogP contribution is -2.40. The lowest BCUT2D eigenvalue weighted by molar-refractivity contribution is -0.114. The van der Waals surface area contributed by atoms with Gasteiger partial charge in [0.15, 0.2) is 11.5 Å². The maximum Gasteiger partial charge on any atom is 0.243 e. The van der Waals surface area contributed by atoms with Crippen LogP contribution in [-0.2, 0) is 19.6 Å². The normalized spacial score (nSPS) is 16.2. The smallest absolute Gasteiger partial charge is 0.243 e. The standard InChI is InChI=1S/C23H29N3O7S/c1-16(2)33-20-6-4-18(34(28,29)26-7-9-30-10-8-26)14-19(20)24-15-23(27)25-17-3-5-21-22(13-17)32-12-11-31-21/h3-6,13-14,16,24H,7-12,15H2,1-2H3,(H,25,27). The fourth-order valence-corrected chi connectivity index (χ4v) is 5.04. The van der Waals surface area contributed by atoms with Crippen LogP contribution < -0.4 is 24.8 Å². The highest BCUT2D eigenvalue weighted by Crippen LogP contribution is 2.33. The second-order valence-electron chi connectivity index (χ2n) is 8.10. The summed E-state index contributed by atoms with van der Waals surface area (Å²) in [6.45, 7) is 5.91. The molecule has 0 aromatic heterocycles. The molecule has 2 heterocycles. The first kappa shape index (κ1) is 24.1. The summed E-state index contributed by atoms with van der Waals surface area (Å²) < 4.78 is 49.7. The van der Waals surface area contributed by atoms with Crippen molar-refractivity contribution in [2.75, 3.05) is 56.7 Å². The summed E-state index contributed by atoms with van der Waals surface area (Å²) in [5, 5.41) is 5.82. The molecule has 0 radical (unpaired) electrons. The Morgan fingerprint density at radius 1 is 1.03 bits per heavy atom. The minimum Gasteiger partial charge on any atom is -0.489 e. The summed E-state index contributed by atoms with van der Waals surface area (Å²) in [7, 11) is -3.69. The van der Waals surface area contributed by atoms with E-state index in [0.29, 0.717) is 68.1 Å². The number of hydrogen-bond donors (Lipinski definition) is 2. The first-order chi connectivity index (χ1) is 16.3. The maximum absolute atomic E-state index is 13.1. The highest BCUT2D eigenvalue weighted by molar-refractivity contribution is 7.89. The van der Waals surface area contributed by atoms with Crippen molar-refractivity contribution in [3.63, 3.8) is 0 Å². The van der Waals surface area contributed by atoms with E-state index >= 15 is 0 Å². The number of ether oxygens (including phenoxy) is 4. The van der Waals surface area contributed by atoms with Gasteiger partial charge >= 0.3 is 0 Å². The second-order valence-corrected chi connectivity index (χ2v) is 10.0. The molecule has 0 aliphatic carbocycles. The van der Waals surface area contributed by atoms with Gasteiger partial charge < -0.3 is 29.6 Å². The number of nitrogens with one attached hydrogen (secondary N) is 2. The molecule has 2 aliphatic heterocycles. The highest BCUT2D eigenvalue weighted by Gasteiger charge is 2.27. The zero-order chi connectivity index (χ0) is 24.1. The van der Waals surface area contributed by atoms with Gasteiger partial charge in [-0.05, 0) is 44.2 Å². The quantitative estimate of drug-likeness (QED) is 0.578. The molecule has 0 spiro atoms. The molecule has 0 atom stereocenters. The molecule has 1 fully saturated rings. The Balaban J connectivity index is 1.48. The first-order valence-corrected chi connectivity index (χ1v) is 12.6. The van der Waals surface area contributed by atoms with Crippen molar-refractivity contribution >= 4 is 27.3 Å². The van der Waals surface area contributed by atoms with E-state index < -0.39 is 10.0 Å². The monoisotopic (exact) mass is 491 g/mol. The maximum atomic E-state index is 13.1. The Hall–Kier alpha value is -3.02. The summed E-state index contributed by atoms with van der Waals surface area (Å²) in [5.74, 6) is 1.36. The molecule has 2 N–H and O–H groups in total. The number of morpholine rings is 1. The third kappa shape index (κ3) is 5.72. The lowest BCUT2D eigenvalue weighted by Gasteiger charge is -2.26. The Morgan fingerprint density at radius 2 is 1.76 bits per heavy atom. The van der Waals surface area contributed by atoms with E-state index in [1.165, 1.54) is 16.4 Å². The van der Waals surface area contributed by atoms with Gasteiger partial charge in [0.2, 0.25) is 15.9 Å². The zero-order valence-corrected chi connectivity index (χ0v) is 20.0. The fourth-order valence-electron chi connectivity index (χ4n) is 3.60. The van der Waals surface area contributed by atoms with Crippen LogP contribution in [0.4, 0.5) is 11.4 Å². The van der Waals surface area contributed by atoms with Crippen LogP contribution >= 0.6 is 0 Å². The van der Waals surface area contributed by atoms with Crippen LogP contribution in [0.3, 0.4) is 0 Å². The van der Waals surface area contributed by atoms with Gasteiger partial charge in [-0.1, -0.05) is 0 Å². The number of sulfonamides is 1. The van der Waals surface area contributed by atoms with Crippen molar-refractivity contribution in [3.8, 4) is 17.2 Å². The third-order valence-corrected chi connectivity index (χ3v) is 7.08. The van der Waals surface area contributed by atoms with Crippen LogP contribution in [-0.4, -0.2) is 70.8 Å². The molecule has 0 unspecified atom stereocenters. The predicted molar refractivity (Wildman–Crippen MR) is 126 cm³/mol. The molecule has 10 nitrogen and oxygen atoms in total. The average molecular weight is 492 g/mol. The number of nitrogens with zero attached hydrogens (tertiary/aromatic N) is 1. The Kier molecular flexibility index (Phi) is 7.44.